The molecular formula is C23H18Br2O4S. The maximum absolute atomic E-state index is 13.3. The zero-order valence-corrected chi connectivity index (χ0v) is 20.0. The first-order valence-corrected chi connectivity index (χ1v) is 12.2. The molecular weight excluding hydrogens is 532 g/mol. The maximum Gasteiger partial charge on any atom is 0.204 e. The van der Waals surface area contributed by atoms with Crippen LogP contribution in [0.25, 0.3) is 6.08 Å². The standard InChI is InChI=1S/C23H18Br2O4S/c1-29-21-12-4-17(5-13-21)15-30(27,28)22(14-16-2-8-19(24)9-3-16)23(26)18-6-10-20(25)11-7-18/h2-14H,15H2,1H3/b22-14+. The molecule has 3 rings (SSSR count). The fourth-order valence-electron chi connectivity index (χ4n) is 2.77. The van der Waals surface area contributed by atoms with Crippen molar-refractivity contribution in [2.75, 3.05) is 7.11 Å². The molecule has 3 aromatic rings. The normalized spacial score (nSPS) is 11.9. The minimum Gasteiger partial charge on any atom is -0.497 e. The Morgan fingerprint density at radius 2 is 1.40 bits per heavy atom. The molecule has 4 nitrogen and oxygen atoms in total. The van der Waals surface area contributed by atoms with Gasteiger partial charge in [-0.15, -0.1) is 0 Å². The van der Waals surface area contributed by atoms with Crippen LogP contribution in [0, 0.1) is 0 Å². The predicted octanol–water partition coefficient (Wildman–Crippen LogP) is 6.06. The number of ketones is 1. The first kappa shape index (κ1) is 22.5. The summed E-state index contributed by atoms with van der Waals surface area (Å²) in [5.41, 5.74) is 1.50. The van der Waals surface area contributed by atoms with Gasteiger partial charge in [-0.05, 0) is 65.7 Å². The van der Waals surface area contributed by atoms with Crippen molar-refractivity contribution in [2.45, 2.75) is 5.75 Å². The van der Waals surface area contributed by atoms with Crippen LogP contribution in [0.3, 0.4) is 0 Å². The van der Waals surface area contributed by atoms with E-state index in [1.165, 1.54) is 6.08 Å². The lowest BCUT2D eigenvalue weighted by molar-refractivity contribution is 0.104. The van der Waals surface area contributed by atoms with E-state index in [1.807, 2.05) is 0 Å². The molecule has 0 saturated heterocycles. The van der Waals surface area contributed by atoms with Gasteiger partial charge in [-0.3, -0.25) is 4.79 Å². The number of hydrogen-bond donors (Lipinski definition) is 0. The van der Waals surface area contributed by atoms with Crippen molar-refractivity contribution in [3.05, 3.63) is 103 Å². The molecule has 0 aromatic heterocycles. The van der Waals surface area contributed by atoms with E-state index in [0.29, 0.717) is 22.4 Å². The van der Waals surface area contributed by atoms with Crippen molar-refractivity contribution in [3.8, 4) is 5.75 Å². The van der Waals surface area contributed by atoms with E-state index in [1.54, 1.807) is 79.9 Å². The highest BCUT2D eigenvalue weighted by atomic mass is 79.9. The molecule has 154 valence electrons. The van der Waals surface area contributed by atoms with E-state index in [4.69, 9.17) is 4.74 Å². The van der Waals surface area contributed by atoms with Crippen LogP contribution in [-0.4, -0.2) is 21.3 Å². The molecule has 0 spiro atoms. The van der Waals surface area contributed by atoms with Crippen LogP contribution in [0.5, 0.6) is 5.75 Å². The number of methoxy groups -OCH3 is 1. The molecule has 0 N–H and O–H groups in total. The largest absolute Gasteiger partial charge is 0.497 e. The van der Waals surface area contributed by atoms with Crippen LogP contribution in [-0.2, 0) is 15.6 Å². The Hall–Kier alpha value is -2.22. The summed E-state index contributed by atoms with van der Waals surface area (Å²) in [6.45, 7) is 0. The zero-order chi connectivity index (χ0) is 21.7. The van der Waals surface area contributed by atoms with Gasteiger partial charge < -0.3 is 4.74 Å². The lowest BCUT2D eigenvalue weighted by Crippen LogP contribution is -2.16. The van der Waals surface area contributed by atoms with Crippen molar-refractivity contribution >= 4 is 53.6 Å². The van der Waals surface area contributed by atoms with E-state index < -0.39 is 15.6 Å². The van der Waals surface area contributed by atoms with Crippen molar-refractivity contribution < 1.29 is 17.9 Å². The molecule has 7 heteroatoms. The maximum atomic E-state index is 13.3. The molecule has 0 aliphatic carbocycles. The molecule has 0 fully saturated rings. The van der Waals surface area contributed by atoms with Crippen molar-refractivity contribution in [1.29, 1.82) is 0 Å². The van der Waals surface area contributed by atoms with Crippen LogP contribution in [0.1, 0.15) is 21.5 Å². The molecule has 0 bridgehead atoms. The number of sulfone groups is 1. The molecule has 0 unspecified atom stereocenters. The van der Waals surface area contributed by atoms with E-state index >= 15 is 0 Å². The number of Topliss-reactive ketones (excluding diaryl/α,β-unsaturated/α-hetero) is 1. The van der Waals surface area contributed by atoms with E-state index in [9.17, 15) is 13.2 Å². The second kappa shape index (κ2) is 9.73. The molecule has 30 heavy (non-hydrogen) atoms. The second-order valence-electron chi connectivity index (χ2n) is 6.50. The number of hydrogen-bond acceptors (Lipinski definition) is 4. The monoisotopic (exact) mass is 548 g/mol. The van der Waals surface area contributed by atoms with Gasteiger partial charge in [0.1, 0.15) is 10.7 Å². The summed E-state index contributed by atoms with van der Waals surface area (Å²) in [6, 6.07) is 20.5. The van der Waals surface area contributed by atoms with Gasteiger partial charge >= 0.3 is 0 Å². The highest BCUT2D eigenvalue weighted by Crippen LogP contribution is 2.24. The van der Waals surface area contributed by atoms with Gasteiger partial charge in [0.2, 0.25) is 5.78 Å². The third kappa shape index (κ3) is 5.68. The minimum absolute atomic E-state index is 0.247. The highest BCUT2D eigenvalue weighted by molar-refractivity contribution is 9.10. The number of carbonyl (C=O) groups is 1. The lowest BCUT2D eigenvalue weighted by Gasteiger charge is -2.10. The number of carbonyl (C=O) groups excluding carboxylic acids is 1. The summed E-state index contributed by atoms with van der Waals surface area (Å²) < 4.78 is 33.3. The zero-order valence-electron chi connectivity index (χ0n) is 16.0. The fraction of sp³-hybridized carbons (Fsp3) is 0.0870. The fourth-order valence-corrected chi connectivity index (χ4v) is 4.80. The van der Waals surface area contributed by atoms with E-state index in [-0.39, 0.29) is 10.7 Å². The number of benzene rings is 3. The summed E-state index contributed by atoms with van der Waals surface area (Å²) in [5, 5.41) is 0. The van der Waals surface area contributed by atoms with Gasteiger partial charge in [0.15, 0.2) is 9.84 Å². The van der Waals surface area contributed by atoms with Gasteiger partial charge in [-0.1, -0.05) is 56.1 Å². The molecule has 0 saturated carbocycles. The minimum atomic E-state index is -3.91. The quantitative estimate of drug-likeness (QED) is 0.265. The van der Waals surface area contributed by atoms with Gasteiger partial charge in [0.05, 0.1) is 12.9 Å². The van der Waals surface area contributed by atoms with Crippen molar-refractivity contribution in [2.24, 2.45) is 0 Å². The molecule has 0 atom stereocenters. The van der Waals surface area contributed by atoms with Gasteiger partial charge in [-0.25, -0.2) is 8.42 Å². The number of halogens is 2. The smallest absolute Gasteiger partial charge is 0.204 e. The SMILES string of the molecule is COc1ccc(CS(=O)(=O)/C(=C/c2ccc(Br)cc2)C(=O)c2ccc(Br)cc2)cc1. The summed E-state index contributed by atoms with van der Waals surface area (Å²) in [7, 11) is -2.37. The Morgan fingerprint density at radius 1 is 0.867 bits per heavy atom. The first-order valence-electron chi connectivity index (χ1n) is 8.92. The van der Waals surface area contributed by atoms with Crippen LogP contribution in [0.2, 0.25) is 0 Å². The van der Waals surface area contributed by atoms with Crippen molar-refractivity contribution in [3.63, 3.8) is 0 Å². The summed E-state index contributed by atoms with van der Waals surface area (Å²) in [6.07, 6.45) is 1.43. The van der Waals surface area contributed by atoms with Crippen LogP contribution in [0.15, 0.2) is 86.6 Å². The van der Waals surface area contributed by atoms with Gasteiger partial charge in [0, 0.05) is 14.5 Å². The van der Waals surface area contributed by atoms with Gasteiger partial charge in [-0.2, -0.15) is 0 Å². The first-order chi connectivity index (χ1) is 14.3. The summed E-state index contributed by atoms with van der Waals surface area (Å²) >= 11 is 6.69. The Balaban J connectivity index is 2.03. The molecule has 0 aliphatic rings. The van der Waals surface area contributed by atoms with Gasteiger partial charge in [0.25, 0.3) is 0 Å². The molecule has 0 heterocycles. The molecule has 0 radical (unpaired) electrons. The predicted molar refractivity (Wildman–Crippen MR) is 126 cm³/mol. The Bertz CT molecular complexity index is 1170. The topological polar surface area (TPSA) is 60.4 Å². The molecule has 3 aromatic carbocycles. The average molecular weight is 550 g/mol. The van der Waals surface area contributed by atoms with Crippen molar-refractivity contribution in [1.82, 2.24) is 0 Å². The van der Waals surface area contributed by atoms with Crippen LogP contribution < -0.4 is 4.74 Å². The third-order valence-corrected chi connectivity index (χ3v) is 7.09. The van der Waals surface area contributed by atoms with Crippen LogP contribution in [0.4, 0.5) is 0 Å². The van der Waals surface area contributed by atoms with Crippen LogP contribution >= 0.6 is 31.9 Å². The lowest BCUT2D eigenvalue weighted by atomic mass is 10.1. The molecule has 0 amide bonds. The van der Waals surface area contributed by atoms with E-state index in [2.05, 4.69) is 31.9 Å². The van der Waals surface area contributed by atoms with E-state index in [0.717, 1.165) is 8.95 Å². The number of ether oxygens (including phenoxy) is 1. The second-order valence-corrected chi connectivity index (χ2v) is 10.3. The summed E-state index contributed by atoms with van der Waals surface area (Å²) in [5.74, 6) is -0.201. The molecule has 0 aliphatic heterocycles. The number of rotatable bonds is 7. The number of allylic oxidation sites excluding steroid dienone is 1. The summed E-state index contributed by atoms with van der Waals surface area (Å²) in [4.78, 5) is 12.9. The Morgan fingerprint density at radius 3 is 1.93 bits per heavy atom. The Labute approximate surface area is 192 Å². The highest BCUT2D eigenvalue weighted by Gasteiger charge is 2.26. The Kier molecular flexibility index (Phi) is 7.28. The average Bonchev–Trinajstić information content (AvgIpc) is 2.73. The third-order valence-electron chi connectivity index (χ3n) is 4.35.